The first-order chi connectivity index (χ1) is 15.7. The number of nitrogens with one attached hydrogen (secondary N) is 1. The third-order valence-electron chi connectivity index (χ3n) is 4.74. The highest BCUT2D eigenvalue weighted by molar-refractivity contribution is 7.13. The Balaban J connectivity index is 1.63. The van der Waals surface area contributed by atoms with E-state index in [0.717, 1.165) is 16.1 Å². The molecule has 6 nitrogen and oxygen atoms in total. The number of thiophene rings is 1. The van der Waals surface area contributed by atoms with Gasteiger partial charge in [-0.25, -0.2) is 0 Å². The zero-order valence-electron chi connectivity index (χ0n) is 17.4. The number of nitriles is 1. The van der Waals surface area contributed by atoms with Crippen LogP contribution in [0.1, 0.15) is 11.1 Å². The lowest BCUT2D eigenvalue weighted by Gasteiger charge is -2.05. The number of ether oxygens (including phenoxy) is 1. The first kappa shape index (κ1) is 21.1. The van der Waals surface area contributed by atoms with E-state index in [1.165, 1.54) is 0 Å². The van der Waals surface area contributed by atoms with Crippen LogP contribution in [0.15, 0.2) is 83.9 Å². The van der Waals surface area contributed by atoms with Crippen molar-refractivity contribution in [2.75, 3.05) is 12.4 Å². The van der Waals surface area contributed by atoms with Gasteiger partial charge in [-0.3, -0.25) is 9.48 Å². The molecule has 0 atom stereocenters. The molecule has 2 heterocycles. The van der Waals surface area contributed by atoms with E-state index in [0.29, 0.717) is 23.5 Å². The molecule has 0 saturated carbocycles. The number of anilines is 1. The van der Waals surface area contributed by atoms with Crippen LogP contribution < -0.4 is 10.1 Å². The molecule has 0 spiro atoms. The highest BCUT2D eigenvalue weighted by Gasteiger charge is 2.15. The van der Waals surface area contributed by atoms with Gasteiger partial charge in [-0.05, 0) is 47.4 Å². The maximum Gasteiger partial charge on any atom is 0.266 e. The van der Waals surface area contributed by atoms with Crippen molar-refractivity contribution in [3.05, 3.63) is 95.0 Å². The number of methoxy groups -OCH3 is 1. The molecular formula is C25H20N4O2S. The van der Waals surface area contributed by atoms with Gasteiger partial charge in [0.2, 0.25) is 0 Å². The Labute approximate surface area is 190 Å². The molecule has 32 heavy (non-hydrogen) atoms. The highest BCUT2D eigenvalue weighted by Crippen LogP contribution is 2.28. The molecule has 4 aromatic rings. The lowest BCUT2D eigenvalue weighted by atomic mass is 10.1. The summed E-state index contributed by atoms with van der Waals surface area (Å²) in [7, 11) is 1.58. The fourth-order valence-electron chi connectivity index (χ4n) is 3.18. The molecule has 7 heteroatoms. The van der Waals surface area contributed by atoms with Gasteiger partial charge in [0.25, 0.3) is 5.91 Å². The third kappa shape index (κ3) is 4.94. The summed E-state index contributed by atoms with van der Waals surface area (Å²) in [6, 6.07) is 22.9. The Bertz CT molecular complexity index is 1270. The Hall–Kier alpha value is -4.15. The minimum absolute atomic E-state index is 0.00196. The standard InChI is InChI=1S/C25H20N4O2S/c1-31-22-11-9-21(10-12-22)27-25(30)19(15-26)14-20-17-29(16-18-6-3-2-4-7-18)28-24(20)23-8-5-13-32-23/h2-14,17H,16H2,1H3,(H,27,30)/b19-14+. The lowest BCUT2D eigenvalue weighted by Crippen LogP contribution is -2.13. The molecule has 0 aliphatic carbocycles. The molecule has 0 aliphatic heterocycles. The second-order valence-electron chi connectivity index (χ2n) is 6.95. The van der Waals surface area contributed by atoms with Crippen molar-refractivity contribution in [1.82, 2.24) is 9.78 Å². The predicted molar refractivity (Wildman–Crippen MR) is 126 cm³/mol. The quantitative estimate of drug-likeness (QED) is 0.316. The summed E-state index contributed by atoms with van der Waals surface area (Å²) >= 11 is 1.56. The van der Waals surface area contributed by atoms with Gasteiger partial charge in [0.05, 0.1) is 18.5 Å². The normalized spacial score (nSPS) is 11.1. The van der Waals surface area contributed by atoms with Crippen LogP contribution in [0.3, 0.4) is 0 Å². The average Bonchev–Trinajstić information content (AvgIpc) is 3.48. The van der Waals surface area contributed by atoms with E-state index in [-0.39, 0.29) is 5.57 Å². The predicted octanol–water partition coefficient (Wildman–Crippen LogP) is 5.21. The number of amides is 1. The molecule has 2 aromatic carbocycles. The van der Waals surface area contributed by atoms with Crippen molar-refractivity contribution in [3.8, 4) is 22.4 Å². The Morgan fingerprint density at radius 3 is 2.59 bits per heavy atom. The maximum atomic E-state index is 12.7. The zero-order valence-corrected chi connectivity index (χ0v) is 18.2. The maximum absolute atomic E-state index is 12.7. The number of carbonyl (C=O) groups excluding carboxylic acids is 1. The lowest BCUT2D eigenvalue weighted by molar-refractivity contribution is -0.112. The number of hydrogen-bond donors (Lipinski definition) is 1. The van der Waals surface area contributed by atoms with Crippen LogP contribution in [-0.2, 0) is 11.3 Å². The zero-order chi connectivity index (χ0) is 22.3. The number of hydrogen-bond acceptors (Lipinski definition) is 5. The van der Waals surface area contributed by atoms with Crippen LogP contribution in [0.5, 0.6) is 5.75 Å². The van der Waals surface area contributed by atoms with Crippen LogP contribution in [-0.4, -0.2) is 22.8 Å². The van der Waals surface area contributed by atoms with E-state index in [9.17, 15) is 10.1 Å². The minimum Gasteiger partial charge on any atom is -0.497 e. The van der Waals surface area contributed by atoms with Gasteiger partial charge in [0, 0.05) is 17.4 Å². The second-order valence-corrected chi connectivity index (χ2v) is 7.89. The molecule has 0 unspecified atom stereocenters. The van der Waals surface area contributed by atoms with Gasteiger partial charge in [0.15, 0.2) is 0 Å². The van der Waals surface area contributed by atoms with Crippen molar-refractivity contribution in [3.63, 3.8) is 0 Å². The van der Waals surface area contributed by atoms with Crippen molar-refractivity contribution in [2.45, 2.75) is 6.54 Å². The second kappa shape index (κ2) is 9.77. The first-order valence-corrected chi connectivity index (χ1v) is 10.8. The number of nitrogens with zero attached hydrogens (tertiary/aromatic N) is 3. The summed E-state index contributed by atoms with van der Waals surface area (Å²) in [4.78, 5) is 13.7. The van der Waals surface area contributed by atoms with Crippen molar-refractivity contribution >= 4 is 29.0 Å². The molecule has 1 amide bonds. The summed E-state index contributed by atoms with van der Waals surface area (Å²) in [6.45, 7) is 0.590. The van der Waals surface area contributed by atoms with E-state index in [1.54, 1.807) is 48.8 Å². The Morgan fingerprint density at radius 2 is 1.94 bits per heavy atom. The first-order valence-electron chi connectivity index (χ1n) is 9.88. The van der Waals surface area contributed by atoms with Crippen LogP contribution in [0, 0.1) is 11.3 Å². The largest absolute Gasteiger partial charge is 0.497 e. The molecule has 0 radical (unpaired) electrons. The Kier molecular flexibility index (Phi) is 6.44. The molecule has 0 aliphatic rings. The molecule has 2 aromatic heterocycles. The Morgan fingerprint density at radius 1 is 1.16 bits per heavy atom. The summed E-state index contributed by atoms with van der Waals surface area (Å²) in [5, 5.41) is 19.1. The summed E-state index contributed by atoms with van der Waals surface area (Å²) < 4.78 is 6.96. The van der Waals surface area contributed by atoms with Gasteiger partial charge in [-0.15, -0.1) is 11.3 Å². The molecule has 1 N–H and O–H groups in total. The minimum atomic E-state index is -0.481. The molecule has 4 rings (SSSR count). The van der Waals surface area contributed by atoms with Gasteiger partial charge in [-0.1, -0.05) is 36.4 Å². The SMILES string of the molecule is COc1ccc(NC(=O)/C(C#N)=C/c2cn(Cc3ccccc3)nc2-c2cccs2)cc1. The molecule has 158 valence electrons. The number of aromatic nitrogens is 2. The van der Waals surface area contributed by atoms with Crippen LogP contribution in [0.2, 0.25) is 0 Å². The van der Waals surface area contributed by atoms with Gasteiger partial charge in [-0.2, -0.15) is 10.4 Å². The highest BCUT2D eigenvalue weighted by atomic mass is 32.1. The molecule has 0 fully saturated rings. The van der Waals surface area contributed by atoms with Crippen LogP contribution in [0.25, 0.3) is 16.6 Å². The third-order valence-corrected chi connectivity index (χ3v) is 5.62. The monoisotopic (exact) mass is 440 g/mol. The number of benzene rings is 2. The number of rotatable bonds is 7. The van der Waals surface area contributed by atoms with E-state index >= 15 is 0 Å². The number of carbonyl (C=O) groups is 1. The fourth-order valence-corrected chi connectivity index (χ4v) is 3.91. The van der Waals surface area contributed by atoms with Crippen molar-refractivity contribution in [2.24, 2.45) is 0 Å². The van der Waals surface area contributed by atoms with E-state index in [1.807, 2.05) is 64.8 Å². The molecular weight excluding hydrogens is 420 g/mol. The van der Waals surface area contributed by atoms with E-state index < -0.39 is 5.91 Å². The van der Waals surface area contributed by atoms with Crippen LogP contribution >= 0.6 is 11.3 Å². The topological polar surface area (TPSA) is 79.9 Å². The van der Waals surface area contributed by atoms with Gasteiger partial charge in [0.1, 0.15) is 23.1 Å². The fraction of sp³-hybridized carbons (Fsp3) is 0.0800. The summed E-state index contributed by atoms with van der Waals surface area (Å²) in [6.07, 6.45) is 3.45. The van der Waals surface area contributed by atoms with E-state index in [2.05, 4.69) is 5.32 Å². The van der Waals surface area contributed by atoms with Crippen LogP contribution in [0.4, 0.5) is 5.69 Å². The molecule has 0 bridgehead atoms. The summed E-state index contributed by atoms with van der Waals surface area (Å²) in [5.74, 6) is 0.205. The van der Waals surface area contributed by atoms with Crippen molar-refractivity contribution in [1.29, 1.82) is 5.26 Å². The average molecular weight is 441 g/mol. The summed E-state index contributed by atoms with van der Waals surface area (Å²) in [5.41, 5.74) is 3.14. The van der Waals surface area contributed by atoms with Gasteiger partial charge >= 0.3 is 0 Å². The van der Waals surface area contributed by atoms with Crippen molar-refractivity contribution < 1.29 is 9.53 Å². The molecule has 0 saturated heterocycles. The van der Waals surface area contributed by atoms with E-state index in [4.69, 9.17) is 9.84 Å². The smallest absolute Gasteiger partial charge is 0.266 e. The van der Waals surface area contributed by atoms with Gasteiger partial charge < -0.3 is 10.1 Å².